The Balaban J connectivity index is 1.97. The van der Waals surface area contributed by atoms with Gasteiger partial charge in [0, 0.05) is 21.1 Å². The van der Waals surface area contributed by atoms with E-state index < -0.39 is 0 Å². The van der Waals surface area contributed by atoms with Crippen molar-refractivity contribution in [2.24, 2.45) is 4.99 Å². The van der Waals surface area contributed by atoms with Gasteiger partial charge < -0.3 is 5.32 Å². The van der Waals surface area contributed by atoms with Crippen molar-refractivity contribution in [3.8, 4) is 0 Å². The summed E-state index contributed by atoms with van der Waals surface area (Å²) in [5.41, 5.74) is 0. The van der Waals surface area contributed by atoms with Crippen LogP contribution in [0.5, 0.6) is 0 Å². The summed E-state index contributed by atoms with van der Waals surface area (Å²) < 4.78 is 1.17. The summed E-state index contributed by atoms with van der Waals surface area (Å²) in [6, 6.07) is 2.63. The van der Waals surface area contributed by atoms with E-state index in [9.17, 15) is 0 Å². The largest absolute Gasteiger partial charge is 0.362 e. The zero-order chi connectivity index (χ0) is 9.97. The Kier molecular flexibility index (Phi) is 3.52. The fourth-order valence-electron chi connectivity index (χ4n) is 1.17. The average molecular weight is 291 g/mol. The van der Waals surface area contributed by atoms with Gasteiger partial charge in [-0.1, -0.05) is 11.8 Å². The third kappa shape index (κ3) is 2.52. The molecule has 1 saturated heterocycles. The molecule has 0 saturated carbocycles. The molecule has 0 bridgehead atoms. The van der Waals surface area contributed by atoms with Crippen molar-refractivity contribution < 1.29 is 0 Å². The summed E-state index contributed by atoms with van der Waals surface area (Å²) in [4.78, 5) is 5.82. The van der Waals surface area contributed by atoms with Gasteiger partial charge in [-0.25, -0.2) is 0 Å². The molecular formula is C9H11BrN2S2. The van der Waals surface area contributed by atoms with E-state index in [4.69, 9.17) is 0 Å². The van der Waals surface area contributed by atoms with Crippen LogP contribution in [0.15, 0.2) is 20.9 Å². The molecule has 2 heterocycles. The van der Waals surface area contributed by atoms with Crippen LogP contribution in [0.1, 0.15) is 11.8 Å². The van der Waals surface area contributed by atoms with Crippen molar-refractivity contribution >= 4 is 44.2 Å². The Hall–Kier alpha value is -0.0000000000000000555. The predicted molar refractivity (Wildman–Crippen MR) is 68.2 cm³/mol. The first-order valence-corrected chi connectivity index (χ1v) is 7.07. The summed E-state index contributed by atoms with van der Waals surface area (Å²) in [7, 11) is 0. The summed E-state index contributed by atoms with van der Waals surface area (Å²) in [5, 5.41) is 6.50. The monoisotopic (exact) mass is 290 g/mol. The van der Waals surface area contributed by atoms with E-state index in [0.29, 0.717) is 6.04 Å². The minimum Gasteiger partial charge on any atom is -0.362 e. The molecule has 0 spiro atoms. The molecule has 76 valence electrons. The molecule has 0 radical (unpaired) electrons. The number of rotatable bonds is 2. The molecule has 1 aromatic rings. The lowest BCUT2D eigenvalue weighted by atomic mass is 10.4. The van der Waals surface area contributed by atoms with Gasteiger partial charge in [0.25, 0.3) is 0 Å². The molecule has 1 N–H and O–H groups in total. The Bertz CT molecular complexity index is 348. The van der Waals surface area contributed by atoms with Crippen LogP contribution in [0.25, 0.3) is 0 Å². The second-order valence-electron chi connectivity index (χ2n) is 3.17. The Labute approximate surface area is 100 Å². The Morgan fingerprint density at radius 3 is 3.14 bits per heavy atom. The van der Waals surface area contributed by atoms with E-state index in [-0.39, 0.29) is 0 Å². The van der Waals surface area contributed by atoms with Gasteiger partial charge in [0.15, 0.2) is 5.17 Å². The second kappa shape index (κ2) is 4.68. The third-order valence-electron chi connectivity index (χ3n) is 1.90. The van der Waals surface area contributed by atoms with Crippen LogP contribution < -0.4 is 5.32 Å². The molecule has 1 aromatic heterocycles. The third-order valence-corrected chi connectivity index (χ3v) is 5.00. The number of hydrogen-bond donors (Lipinski definition) is 1. The molecule has 1 atom stereocenters. The van der Waals surface area contributed by atoms with Gasteiger partial charge in [-0.15, -0.1) is 11.3 Å². The van der Waals surface area contributed by atoms with Crippen LogP contribution in [-0.2, 0) is 6.54 Å². The lowest BCUT2D eigenvalue weighted by Crippen LogP contribution is -2.23. The van der Waals surface area contributed by atoms with Crippen molar-refractivity contribution in [1.29, 1.82) is 0 Å². The Morgan fingerprint density at radius 2 is 2.57 bits per heavy atom. The lowest BCUT2D eigenvalue weighted by Gasteiger charge is -2.00. The fraction of sp³-hybridized carbons (Fsp3) is 0.444. The molecule has 2 rings (SSSR count). The van der Waals surface area contributed by atoms with E-state index in [0.717, 1.165) is 17.5 Å². The minimum absolute atomic E-state index is 0.561. The van der Waals surface area contributed by atoms with Gasteiger partial charge in [-0.3, -0.25) is 4.99 Å². The summed E-state index contributed by atoms with van der Waals surface area (Å²) >= 11 is 7.05. The van der Waals surface area contributed by atoms with Crippen LogP contribution in [0, 0.1) is 0 Å². The number of hydrogen-bond acceptors (Lipinski definition) is 3. The molecule has 0 aromatic carbocycles. The maximum Gasteiger partial charge on any atom is 0.157 e. The summed E-state index contributed by atoms with van der Waals surface area (Å²) in [6.45, 7) is 2.96. The van der Waals surface area contributed by atoms with Crippen molar-refractivity contribution in [2.45, 2.75) is 19.5 Å². The SMILES string of the molecule is CC1CSC(=NCc2sccc2Br)N1. The summed E-state index contributed by atoms with van der Waals surface area (Å²) in [6.07, 6.45) is 0. The Morgan fingerprint density at radius 1 is 1.71 bits per heavy atom. The van der Waals surface area contributed by atoms with Crippen LogP contribution in [-0.4, -0.2) is 17.0 Å². The van der Waals surface area contributed by atoms with E-state index in [2.05, 4.69) is 44.6 Å². The normalized spacial score (nSPS) is 24.1. The van der Waals surface area contributed by atoms with Gasteiger partial charge in [0.1, 0.15) is 0 Å². The van der Waals surface area contributed by atoms with Crippen molar-refractivity contribution in [2.75, 3.05) is 5.75 Å². The highest BCUT2D eigenvalue weighted by molar-refractivity contribution is 9.10. The molecule has 5 heteroatoms. The zero-order valence-electron chi connectivity index (χ0n) is 7.79. The van der Waals surface area contributed by atoms with Gasteiger partial charge in [-0.2, -0.15) is 0 Å². The van der Waals surface area contributed by atoms with E-state index in [1.54, 1.807) is 23.1 Å². The molecular weight excluding hydrogens is 280 g/mol. The number of halogens is 1. The van der Waals surface area contributed by atoms with Crippen LogP contribution in [0.3, 0.4) is 0 Å². The standard InChI is InChI=1S/C9H11BrN2S2/c1-6-5-14-9(12-6)11-4-8-7(10)2-3-13-8/h2-3,6H,4-5H2,1H3,(H,11,12). The molecule has 1 aliphatic rings. The van der Waals surface area contributed by atoms with E-state index >= 15 is 0 Å². The fourth-order valence-corrected chi connectivity index (χ4v) is 3.50. The number of amidine groups is 1. The topological polar surface area (TPSA) is 24.4 Å². The van der Waals surface area contributed by atoms with Crippen molar-refractivity contribution in [3.05, 3.63) is 20.8 Å². The highest BCUT2D eigenvalue weighted by Gasteiger charge is 2.15. The molecule has 1 unspecified atom stereocenters. The molecule has 0 amide bonds. The second-order valence-corrected chi connectivity index (χ2v) is 6.03. The van der Waals surface area contributed by atoms with Gasteiger partial charge in [-0.05, 0) is 34.3 Å². The molecule has 1 aliphatic heterocycles. The van der Waals surface area contributed by atoms with Crippen LogP contribution >= 0.6 is 39.0 Å². The zero-order valence-corrected chi connectivity index (χ0v) is 11.0. The first-order valence-electron chi connectivity index (χ1n) is 4.41. The molecule has 1 fully saturated rings. The number of nitrogens with zero attached hydrogens (tertiary/aromatic N) is 1. The van der Waals surface area contributed by atoms with Gasteiger partial charge >= 0.3 is 0 Å². The quantitative estimate of drug-likeness (QED) is 0.905. The van der Waals surface area contributed by atoms with Crippen molar-refractivity contribution in [3.63, 3.8) is 0 Å². The highest BCUT2D eigenvalue weighted by atomic mass is 79.9. The number of thioether (sulfide) groups is 1. The molecule has 2 nitrogen and oxygen atoms in total. The smallest absolute Gasteiger partial charge is 0.157 e. The molecule has 14 heavy (non-hydrogen) atoms. The highest BCUT2D eigenvalue weighted by Crippen LogP contribution is 2.24. The summed E-state index contributed by atoms with van der Waals surface area (Å²) in [5.74, 6) is 1.13. The first-order chi connectivity index (χ1) is 6.75. The minimum atomic E-state index is 0.561. The van der Waals surface area contributed by atoms with Crippen LogP contribution in [0.4, 0.5) is 0 Å². The average Bonchev–Trinajstić information content (AvgIpc) is 2.72. The van der Waals surface area contributed by atoms with E-state index in [1.165, 1.54) is 9.35 Å². The first kappa shape index (κ1) is 10.5. The number of thiophene rings is 1. The maximum atomic E-state index is 4.53. The number of nitrogens with one attached hydrogen (secondary N) is 1. The maximum absolute atomic E-state index is 4.53. The van der Waals surface area contributed by atoms with Gasteiger partial charge in [0.05, 0.1) is 6.54 Å². The van der Waals surface area contributed by atoms with Crippen LogP contribution in [0.2, 0.25) is 0 Å². The van der Waals surface area contributed by atoms with E-state index in [1.807, 2.05) is 0 Å². The number of aliphatic imine (C=N–C) groups is 1. The lowest BCUT2D eigenvalue weighted by molar-refractivity contribution is 0.764. The predicted octanol–water partition coefficient (Wildman–Crippen LogP) is 3.09. The van der Waals surface area contributed by atoms with Crippen molar-refractivity contribution in [1.82, 2.24) is 5.32 Å². The molecule has 0 aliphatic carbocycles. The van der Waals surface area contributed by atoms with Gasteiger partial charge in [0.2, 0.25) is 0 Å².